The van der Waals surface area contributed by atoms with Gasteiger partial charge in [0.1, 0.15) is 6.79 Å². The van der Waals surface area contributed by atoms with Gasteiger partial charge in [0.15, 0.2) is 6.10 Å². The summed E-state index contributed by atoms with van der Waals surface area (Å²) >= 11 is 0. The van der Waals surface area contributed by atoms with Crippen LogP contribution in [0, 0.1) is 17.3 Å². The molecular formula is C18H29NO3. The predicted octanol–water partition coefficient (Wildman–Crippen LogP) is 2.76. The highest BCUT2D eigenvalue weighted by atomic mass is 16.6. The number of allylic oxidation sites excluding steroid dienone is 1. The van der Waals surface area contributed by atoms with Crippen molar-refractivity contribution in [3.05, 3.63) is 11.6 Å². The molecule has 124 valence electrons. The number of amides is 1. The van der Waals surface area contributed by atoms with E-state index in [9.17, 15) is 9.90 Å². The Balaban J connectivity index is 1.69. The number of hydrogen-bond donors (Lipinski definition) is 2. The van der Waals surface area contributed by atoms with Crippen LogP contribution in [0.2, 0.25) is 0 Å². The summed E-state index contributed by atoms with van der Waals surface area (Å²) in [6.45, 7) is 4.17. The van der Waals surface area contributed by atoms with Crippen LogP contribution < -0.4 is 5.32 Å². The number of hydrogen-bond acceptors (Lipinski definition) is 3. The fraction of sp³-hybridized carbons (Fsp3) is 0.833. The summed E-state index contributed by atoms with van der Waals surface area (Å²) in [5, 5.41) is 12.4. The van der Waals surface area contributed by atoms with Gasteiger partial charge in [0.25, 0.3) is 5.91 Å². The van der Waals surface area contributed by atoms with Crippen LogP contribution in [0.1, 0.15) is 58.8 Å². The third kappa shape index (κ3) is 2.83. The number of fused-ring (bicyclic) bond motifs is 1. The van der Waals surface area contributed by atoms with Crippen molar-refractivity contribution in [2.45, 2.75) is 70.9 Å². The lowest BCUT2D eigenvalue weighted by atomic mass is 9.48. The van der Waals surface area contributed by atoms with Gasteiger partial charge in [0.05, 0.1) is 0 Å². The quantitative estimate of drug-likeness (QED) is 0.606. The van der Waals surface area contributed by atoms with E-state index >= 15 is 0 Å². The smallest absolute Gasteiger partial charge is 0.253 e. The minimum absolute atomic E-state index is 0.0617. The normalized spacial score (nSPS) is 31.9. The number of carbonyl (C=O) groups excluding carboxylic acids is 1. The van der Waals surface area contributed by atoms with Gasteiger partial charge < -0.3 is 15.2 Å². The Morgan fingerprint density at radius 2 is 2.14 bits per heavy atom. The maximum Gasteiger partial charge on any atom is 0.253 e. The molecule has 1 amide bonds. The molecule has 4 aliphatic carbocycles. The van der Waals surface area contributed by atoms with Gasteiger partial charge in [-0.25, -0.2) is 0 Å². The van der Waals surface area contributed by atoms with Crippen LogP contribution in [-0.2, 0) is 9.53 Å². The molecule has 2 N–H and O–H groups in total. The molecule has 0 saturated heterocycles. The second-order valence-electron chi connectivity index (χ2n) is 7.77. The first kappa shape index (κ1) is 16.0. The van der Waals surface area contributed by atoms with Gasteiger partial charge in [-0.15, -0.1) is 0 Å². The van der Waals surface area contributed by atoms with Crippen molar-refractivity contribution >= 4 is 5.91 Å². The van der Waals surface area contributed by atoms with Crippen molar-refractivity contribution in [2.75, 3.05) is 6.79 Å². The highest BCUT2D eigenvalue weighted by molar-refractivity contribution is 5.84. The summed E-state index contributed by atoms with van der Waals surface area (Å²) < 4.78 is 5.45. The second kappa shape index (κ2) is 6.32. The molecule has 3 unspecified atom stereocenters. The average Bonchev–Trinajstić information content (AvgIpc) is 2.53. The van der Waals surface area contributed by atoms with E-state index in [1.807, 2.05) is 0 Å². The summed E-state index contributed by atoms with van der Waals surface area (Å²) in [4.78, 5) is 12.7. The topological polar surface area (TPSA) is 58.6 Å². The first-order valence-electron chi connectivity index (χ1n) is 8.76. The van der Waals surface area contributed by atoms with Crippen molar-refractivity contribution in [3.63, 3.8) is 0 Å². The molecule has 0 heterocycles. The van der Waals surface area contributed by atoms with E-state index in [0.717, 1.165) is 37.2 Å². The lowest BCUT2D eigenvalue weighted by Gasteiger charge is -2.57. The van der Waals surface area contributed by atoms with E-state index in [2.05, 4.69) is 25.2 Å². The number of rotatable bonds is 5. The fourth-order valence-electron chi connectivity index (χ4n) is 4.61. The molecular weight excluding hydrogens is 278 g/mol. The monoisotopic (exact) mass is 307 g/mol. The number of ether oxygens (including phenoxy) is 1. The molecule has 4 rings (SSSR count). The molecule has 22 heavy (non-hydrogen) atoms. The summed E-state index contributed by atoms with van der Waals surface area (Å²) in [7, 11) is 0. The lowest BCUT2D eigenvalue weighted by molar-refractivity contribution is -0.140. The molecule has 0 radical (unpaired) electrons. The Bertz CT molecular complexity index is 451. The standard InChI is InChI=1S/C18H29NO3/c1-18(2)12-8-9-14(15(18)10-12)16(22-11-20)17(21)19-13-6-4-3-5-7-13/h9,12-13,15-16,20H,3-8,10-11H2,1-2H3,(H,19,21). The van der Waals surface area contributed by atoms with E-state index in [4.69, 9.17) is 4.74 Å². The summed E-state index contributed by atoms with van der Waals surface area (Å²) in [6.07, 6.45) is 9.53. The van der Waals surface area contributed by atoms with Gasteiger partial charge in [0, 0.05) is 6.04 Å². The van der Waals surface area contributed by atoms with Gasteiger partial charge in [0.2, 0.25) is 0 Å². The number of aliphatic hydroxyl groups excluding tert-OH is 1. The highest BCUT2D eigenvalue weighted by Gasteiger charge is 2.53. The fourth-order valence-corrected chi connectivity index (χ4v) is 4.61. The molecule has 2 fully saturated rings. The van der Waals surface area contributed by atoms with Crippen LogP contribution in [-0.4, -0.2) is 30.0 Å². The summed E-state index contributed by atoms with van der Waals surface area (Å²) in [5.41, 5.74) is 1.35. The second-order valence-corrected chi connectivity index (χ2v) is 7.77. The maximum absolute atomic E-state index is 12.7. The van der Waals surface area contributed by atoms with E-state index in [-0.39, 0.29) is 17.4 Å². The molecule has 2 saturated carbocycles. The zero-order valence-corrected chi connectivity index (χ0v) is 13.8. The molecule has 3 atom stereocenters. The first-order valence-corrected chi connectivity index (χ1v) is 8.76. The van der Waals surface area contributed by atoms with Gasteiger partial charge in [-0.2, -0.15) is 0 Å². The van der Waals surface area contributed by atoms with Crippen LogP contribution in [0.3, 0.4) is 0 Å². The summed E-state index contributed by atoms with van der Waals surface area (Å²) in [6, 6.07) is 0.275. The Morgan fingerprint density at radius 1 is 1.41 bits per heavy atom. The molecule has 2 bridgehead atoms. The minimum Gasteiger partial charge on any atom is -0.371 e. The molecule has 0 aromatic rings. The number of nitrogens with one attached hydrogen (secondary N) is 1. The predicted molar refractivity (Wildman–Crippen MR) is 85.1 cm³/mol. The van der Waals surface area contributed by atoms with E-state index < -0.39 is 12.9 Å². The van der Waals surface area contributed by atoms with Crippen LogP contribution in [0.5, 0.6) is 0 Å². The average molecular weight is 307 g/mol. The van der Waals surface area contributed by atoms with Crippen LogP contribution in [0.15, 0.2) is 11.6 Å². The highest BCUT2D eigenvalue weighted by Crippen LogP contribution is 2.59. The van der Waals surface area contributed by atoms with Crippen molar-refractivity contribution in [1.82, 2.24) is 5.32 Å². The molecule has 4 aliphatic rings. The maximum atomic E-state index is 12.7. The van der Waals surface area contributed by atoms with Crippen molar-refractivity contribution in [1.29, 1.82) is 0 Å². The lowest BCUT2D eigenvalue weighted by Crippen LogP contribution is -2.53. The van der Waals surface area contributed by atoms with E-state index in [1.54, 1.807) is 0 Å². The Kier molecular flexibility index (Phi) is 4.60. The van der Waals surface area contributed by atoms with Crippen LogP contribution in [0.4, 0.5) is 0 Å². The van der Waals surface area contributed by atoms with E-state index in [1.165, 1.54) is 19.3 Å². The van der Waals surface area contributed by atoms with Gasteiger partial charge in [-0.3, -0.25) is 4.79 Å². The molecule has 0 aliphatic heterocycles. The Morgan fingerprint density at radius 3 is 2.73 bits per heavy atom. The van der Waals surface area contributed by atoms with Crippen molar-refractivity contribution in [2.24, 2.45) is 17.3 Å². The molecule has 0 spiro atoms. The third-order valence-corrected chi connectivity index (χ3v) is 6.24. The largest absolute Gasteiger partial charge is 0.371 e. The first-order chi connectivity index (χ1) is 10.5. The zero-order chi connectivity index (χ0) is 15.7. The zero-order valence-electron chi connectivity index (χ0n) is 13.8. The van der Waals surface area contributed by atoms with Crippen molar-refractivity contribution in [3.8, 4) is 0 Å². The molecule has 0 aromatic heterocycles. The Hall–Kier alpha value is -0.870. The molecule has 0 aromatic carbocycles. The SMILES string of the molecule is CC1(C)C2CC=C(C(OCO)C(=O)NC3CCCCC3)C1C2. The minimum atomic E-state index is -0.613. The van der Waals surface area contributed by atoms with Gasteiger partial charge in [-0.1, -0.05) is 39.2 Å². The van der Waals surface area contributed by atoms with Gasteiger partial charge in [-0.05, 0) is 48.5 Å². The Labute approximate surface area is 133 Å². The van der Waals surface area contributed by atoms with Crippen LogP contribution in [0.25, 0.3) is 0 Å². The number of carbonyl (C=O) groups is 1. The third-order valence-electron chi connectivity index (χ3n) is 6.24. The number of aliphatic hydroxyl groups is 1. The van der Waals surface area contributed by atoms with E-state index in [0.29, 0.717) is 5.92 Å². The summed E-state index contributed by atoms with van der Waals surface area (Å²) in [5.74, 6) is 1.09. The van der Waals surface area contributed by atoms with Gasteiger partial charge >= 0.3 is 0 Å². The molecule has 4 heteroatoms. The van der Waals surface area contributed by atoms with Crippen LogP contribution >= 0.6 is 0 Å². The molecule has 4 nitrogen and oxygen atoms in total. The van der Waals surface area contributed by atoms with Crippen molar-refractivity contribution < 1.29 is 14.6 Å².